The molecule has 0 fully saturated rings. The first-order valence-electron chi connectivity index (χ1n) is 6.16. The third-order valence-electron chi connectivity index (χ3n) is 2.93. The van der Waals surface area contributed by atoms with Gasteiger partial charge in [0, 0.05) is 23.2 Å². The van der Waals surface area contributed by atoms with Crippen LogP contribution in [0.2, 0.25) is 0 Å². The molecular formula is C14H16F2N2OS. The van der Waals surface area contributed by atoms with Crippen LogP contribution in [0.4, 0.5) is 14.5 Å². The molecule has 0 radical (unpaired) electrons. The average molecular weight is 298 g/mol. The average Bonchev–Trinajstić information content (AvgIpc) is 2.81. The molecule has 1 unspecified atom stereocenters. The van der Waals surface area contributed by atoms with Gasteiger partial charge in [0.15, 0.2) is 0 Å². The van der Waals surface area contributed by atoms with Gasteiger partial charge >= 0.3 is 6.61 Å². The van der Waals surface area contributed by atoms with Gasteiger partial charge in [0.25, 0.3) is 0 Å². The van der Waals surface area contributed by atoms with Crippen molar-refractivity contribution >= 4 is 17.0 Å². The predicted molar refractivity (Wildman–Crippen MR) is 77.1 cm³/mol. The standard InChI is InChI=1S/C14H16F2N2OS/c1-9(18-8-13-12(17)5-6-20-13)10-3-2-4-11(7-10)19-14(15)16/h2-7,9,14,18H,8,17H2,1H3. The summed E-state index contributed by atoms with van der Waals surface area (Å²) in [5.74, 6) is 0.168. The maximum atomic E-state index is 12.2. The van der Waals surface area contributed by atoms with E-state index in [2.05, 4.69) is 10.1 Å². The molecule has 0 aliphatic carbocycles. The van der Waals surface area contributed by atoms with Gasteiger partial charge in [-0.05, 0) is 36.1 Å². The molecule has 2 rings (SSSR count). The van der Waals surface area contributed by atoms with Crippen LogP contribution in [-0.2, 0) is 6.54 Å². The lowest BCUT2D eigenvalue weighted by molar-refractivity contribution is -0.0499. The lowest BCUT2D eigenvalue weighted by Gasteiger charge is -2.15. The number of benzene rings is 1. The Morgan fingerprint density at radius 1 is 1.35 bits per heavy atom. The topological polar surface area (TPSA) is 47.3 Å². The number of halogens is 2. The zero-order chi connectivity index (χ0) is 14.5. The zero-order valence-electron chi connectivity index (χ0n) is 11.0. The summed E-state index contributed by atoms with van der Waals surface area (Å²) in [6.07, 6.45) is 0. The number of ether oxygens (including phenoxy) is 1. The number of hydrogen-bond donors (Lipinski definition) is 2. The van der Waals surface area contributed by atoms with Crippen molar-refractivity contribution in [2.24, 2.45) is 0 Å². The highest BCUT2D eigenvalue weighted by molar-refractivity contribution is 7.10. The molecule has 1 aromatic heterocycles. The van der Waals surface area contributed by atoms with E-state index in [-0.39, 0.29) is 11.8 Å². The summed E-state index contributed by atoms with van der Waals surface area (Å²) >= 11 is 1.59. The van der Waals surface area contributed by atoms with E-state index in [9.17, 15) is 8.78 Å². The molecule has 3 nitrogen and oxygen atoms in total. The van der Waals surface area contributed by atoms with E-state index in [0.717, 1.165) is 16.1 Å². The molecule has 0 saturated heterocycles. The van der Waals surface area contributed by atoms with Crippen molar-refractivity contribution in [2.45, 2.75) is 26.1 Å². The quantitative estimate of drug-likeness (QED) is 0.853. The minimum atomic E-state index is -2.81. The van der Waals surface area contributed by atoms with Crippen LogP contribution in [0.25, 0.3) is 0 Å². The van der Waals surface area contributed by atoms with Crippen LogP contribution in [0, 0.1) is 0 Å². The summed E-state index contributed by atoms with van der Waals surface area (Å²) in [6, 6.07) is 8.57. The highest BCUT2D eigenvalue weighted by atomic mass is 32.1. The van der Waals surface area contributed by atoms with E-state index in [1.165, 1.54) is 6.07 Å². The van der Waals surface area contributed by atoms with E-state index < -0.39 is 6.61 Å². The van der Waals surface area contributed by atoms with Crippen molar-refractivity contribution in [3.05, 3.63) is 46.2 Å². The molecule has 0 aliphatic heterocycles. The monoisotopic (exact) mass is 298 g/mol. The number of hydrogen-bond acceptors (Lipinski definition) is 4. The number of alkyl halides is 2. The predicted octanol–water partition coefficient (Wildman–Crippen LogP) is 3.78. The molecule has 0 aliphatic rings. The van der Waals surface area contributed by atoms with Crippen LogP contribution in [0.3, 0.4) is 0 Å². The molecule has 0 bridgehead atoms. The minimum absolute atomic E-state index is 0.0118. The van der Waals surface area contributed by atoms with Crippen molar-refractivity contribution in [1.29, 1.82) is 0 Å². The Morgan fingerprint density at radius 3 is 2.80 bits per heavy atom. The van der Waals surface area contributed by atoms with Gasteiger partial charge in [-0.3, -0.25) is 0 Å². The Morgan fingerprint density at radius 2 is 2.15 bits per heavy atom. The van der Waals surface area contributed by atoms with E-state index >= 15 is 0 Å². The molecule has 20 heavy (non-hydrogen) atoms. The van der Waals surface area contributed by atoms with E-state index in [1.54, 1.807) is 23.5 Å². The second-order valence-electron chi connectivity index (χ2n) is 4.35. The Labute approximate surface area is 120 Å². The first kappa shape index (κ1) is 14.7. The van der Waals surface area contributed by atoms with Crippen LogP contribution >= 0.6 is 11.3 Å². The summed E-state index contributed by atoms with van der Waals surface area (Å²) in [5.41, 5.74) is 7.47. The molecule has 3 N–H and O–H groups in total. The highest BCUT2D eigenvalue weighted by Gasteiger charge is 2.10. The van der Waals surface area contributed by atoms with Crippen molar-refractivity contribution in [2.75, 3.05) is 5.73 Å². The highest BCUT2D eigenvalue weighted by Crippen LogP contribution is 2.23. The Balaban J connectivity index is 1.98. The van der Waals surface area contributed by atoms with Crippen LogP contribution in [0.15, 0.2) is 35.7 Å². The molecule has 0 amide bonds. The smallest absolute Gasteiger partial charge is 0.387 e. The fourth-order valence-electron chi connectivity index (χ4n) is 1.82. The van der Waals surface area contributed by atoms with Crippen LogP contribution in [0.1, 0.15) is 23.4 Å². The normalized spacial score (nSPS) is 12.6. The van der Waals surface area contributed by atoms with Crippen molar-refractivity contribution in [3.8, 4) is 5.75 Å². The molecule has 6 heteroatoms. The number of anilines is 1. The van der Waals surface area contributed by atoms with Gasteiger partial charge < -0.3 is 15.8 Å². The maximum absolute atomic E-state index is 12.2. The summed E-state index contributed by atoms with van der Waals surface area (Å²) in [4.78, 5) is 1.07. The van der Waals surface area contributed by atoms with Crippen LogP contribution in [0.5, 0.6) is 5.75 Å². The fourth-order valence-corrected chi connectivity index (χ4v) is 2.57. The fraction of sp³-hybridized carbons (Fsp3) is 0.286. The number of nitrogen functional groups attached to an aromatic ring is 1. The minimum Gasteiger partial charge on any atom is -0.435 e. The maximum Gasteiger partial charge on any atom is 0.387 e. The molecule has 0 saturated carbocycles. The number of thiophene rings is 1. The lowest BCUT2D eigenvalue weighted by Crippen LogP contribution is -2.18. The van der Waals surface area contributed by atoms with E-state index in [1.807, 2.05) is 24.4 Å². The van der Waals surface area contributed by atoms with Crippen molar-refractivity contribution < 1.29 is 13.5 Å². The van der Waals surface area contributed by atoms with E-state index in [4.69, 9.17) is 5.73 Å². The molecule has 108 valence electrons. The van der Waals surface area contributed by atoms with Gasteiger partial charge in [-0.25, -0.2) is 0 Å². The molecule has 1 atom stereocenters. The molecule has 2 aromatic rings. The largest absolute Gasteiger partial charge is 0.435 e. The lowest BCUT2D eigenvalue weighted by atomic mass is 10.1. The van der Waals surface area contributed by atoms with Gasteiger partial charge in [-0.2, -0.15) is 8.78 Å². The van der Waals surface area contributed by atoms with Gasteiger partial charge in [0.05, 0.1) is 0 Å². The second-order valence-corrected chi connectivity index (χ2v) is 5.35. The third-order valence-corrected chi connectivity index (χ3v) is 3.87. The van der Waals surface area contributed by atoms with Gasteiger partial charge in [-0.15, -0.1) is 11.3 Å². The van der Waals surface area contributed by atoms with Crippen molar-refractivity contribution in [1.82, 2.24) is 5.32 Å². The number of nitrogens with one attached hydrogen (secondary N) is 1. The molecule has 1 aromatic carbocycles. The SMILES string of the molecule is CC(NCc1sccc1N)c1cccc(OC(F)F)c1. The molecular weight excluding hydrogens is 282 g/mol. The Kier molecular flexibility index (Phi) is 4.92. The number of nitrogens with two attached hydrogens (primary N) is 1. The van der Waals surface area contributed by atoms with Gasteiger partial charge in [0.2, 0.25) is 0 Å². The summed E-state index contributed by atoms with van der Waals surface area (Å²) in [6.45, 7) is -0.199. The van der Waals surface area contributed by atoms with Crippen LogP contribution in [-0.4, -0.2) is 6.61 Å². The number of rotatable bonds is 6. The Hall–Kier alpha value is -1.66. The summed E-state index contributed by atoms with van der Waals surface area (Å²) in [7, 11) is 0. The molecule has 0 spiro atoms. The first-order valence-corrected chi connectivity index (χ1v) is 7.04. The molecule has 1 heterocycles. The van der Waals surface area contributed by atoms with Gasteiger partial charge in [0.1, 0.15) is 5.75 Å². The zero-order valence-corrected chi connectivity index (χ0v) is 11.8. The van der Waals surface area contributed by atoms with Crippen molar-refractivity contribution in [3.63, 3.8) is 0 Å². The van der Waals surface area contributed by atoms with Crippen LogP contribution < -0.4 is 15.8 Å². The first-order chi connectivity index (χ1) is 9.56. The van der Waals surface area contributed by atoms with Gasteiger partial charge in [-0.1, -0.05) is 12.1 Å². The summed E-state index contributed by atoms with van der Waals surface area (Å²) in [5, 5.41) is 5.25. The third kappa shape index (κ3) is 3.91. The van der Waals surface area contributed by atoms with E-state index in [0.29, 0.717) is 6.54 Å². The second kappa shape index (κ2) is 6.67. The summed E-state index contributed by atoms with van der Waals surface area (Å²) < 4.78 is 28.8. The Bertz CT molecular complexity index is 560.